The first-order valence-electron chi connectivity index (χ1n) is 7.80. The topological polar surface area (TPSA) is 77.5 Å². The van der Waals surface area contributed by atoms with E-state index in [1.807, 2.05) is 25.1 Å². The Balaban J connectivity index is 1.97. The largest absolute Gasteiger partial charge is 0.483 e. The highest BCUT2D eigenvalue weighted by atomic mass is 79.9. The van der Waals surface area contributed by atoms with Gasteiger partial charge in [-0.3, -0.25) is 10.1 Å². The normalized spacial score (nSPS) is 10.4. The van der Waals surface area contributed by atoms with Crippen molar-refractivity contribution in [1.29, 1.82) is 0 Å². The van der Waals surface area contributed by atoms with Gasteiger partial charge < -0.3 is 9.47 Å². The third-order valence-electron chi connectivity index (χ3n) is 3.27. The van der Waals surface area contributed by atoms with E-state index in [1.54, 1.807) is 13.8 Å². The van der Waals surface area contributed by atoms with Crippen LogP contribution in [0, 0.1) is 6.92 Å². The Bertz CT molecular complexity index is 776. The van der Waals surface area contributed by atoms with Gasteiger partial charge in [-0.1, -0.05) is 34.2 Å². The molecular weight excluding hydrogens is 408 g/mol. The van der Waals surface area contributed by atoms with Crippen molar-refractivity contribution in [3.05, 3.63) is 38.8 Å². The second-order valence-electron chi connectivity index (χ2n) is 5.10. The molecule has 1 amide bonds. The summed E-state index contributed by atoms with van der Waals surface area (Å²) in [5, 5.41) is 2.99. The van der Waals surface area contributed by atoms with E-state index in [1.165, 1.54) is 0 Å². The van der Waals surface area contributed by atoms with Gasteiger partial charge in [0.2, 0.25) is 0 Å². The summed E-state index contributed by atoms with van der Waals surface area (Å²) in [6.45, 7) is 5.61. The van der Waals surface area contributed by atoms with Crippen LogP contribution in [-0.4, -0.2) is 30.1 Å². The molecule has 0 saturated heterocycles. The molecule has 0 saturated carbocycles. The van der Waals surface area contributed by atoms with Crippen LogP contribution in [0.2, 0.25) is 0 Å². The first-order valence-corrected chi connectivity index (χ1v) is 9.41. The van der Waals surface area contributed by atoms with Crippen LogP contribution in [0.15, 0.2) is 22.7 Å². The first-order chi connectivity index (χ1) is 11.9. The average Bonchev–Trinajstić information content (AvgIpc) is 2.94. The number of hydrogen-bond acceptors (Lipinski definition) is 6. The minimum Gasteiger partial charge on any atom is -0.483 e. The number of aromatic nitrogens is 1. The monoisotopic (exact) mass is 426 g/mol. The highest BCUT2D eigenvalue weighted by Crippen LogP contribution is 2.25. The van der Waals surface area contributed by atoms with Gasteiger partial charge in [0.25, 0.3) is 5.91 Å². The predicted octanol–water partition coefficient (Wildman–Crippen LogP) is 3.97. The zero-order chi connectivity index (χ0) is 18.4. The van der Waals surface area contributed by atoms with Crippen molar-refractivity contribution < 1.29 is 19.1 Å². The van der Waals surface area contributed by atoms with E-state index in [-0.39, 0.29) is 12.5 Å². The average molecular weight is 427 g/mol. The fourth-order valence-corrected chi connectivity index (χ4v) is 3.38. The van der Waals surface area contributed by atoms with Crippen LogP contribution in [0.4, 0.5) is 5.13 Å². The zero-order valence-electron chi connectivity index (χ0n) is 14.2. The Kier molecular flexibility index (Phi) is 6.95. The molecule has 8 heteroatoms. The number of anilines is 1. The molecule has 25 heavy (non-hydrogen) atoms. The molecule has 134 valence electrons. The summed E-state index contributed by atoms with van der Waals surface area (Å²) in [5.41, 5.74) is 1.54. The molecule has 2 aromatic rings. The quantitative estimate of drug-likeness (QED) is 0.677. The van der Waals surface area contributed by atoms with Crippen molar-refractivity contribution in [3.8, 4) is 5.75 Å². The second kappa shape index (κ2) is 8.96. The van der Waals surface area contributed by atoms with E-state index in [2.05, 4.69) is 26.2 Å². The van der Waals surface area contributed by atoms with E-state index in [9.17, 15) is 9.59 Å². The van der Waals surface area contributed by atoms with Crippen molar-refractivity contribution in [2.75, 3.05) is 18.5 Å². The van der Waals surface area contributed by atoms with E-state index in [0.717, 1.165) is 27.8 Å². The number of thiazole rings is 1. The highest BCUT2D eigenvalue weighted by Gasteiger charge is 2.17. The maximum absolute atomic E-state index is 12.1. The molecule has 0 aliphatic carbocycles. The number of halogens is 1. The van der Waals surface area contributed by atoms with Crippen molar-refractivity contribution >= 4 is 44.3 Å². The molecule has 1 N–H and O–H groups in total. The molecule has 1 aromatic heterocycles. The molecule has 0 unspecified atom stereocenters. The van der Waals surface area contributed by atoms with Gasteiger partial charge in [-0.15, -0.1) is 0 Å². The molecule has 0 aliphatic rings. The van der Waals surface area contributed by atoms with Gasteiger partial charge in [0.15, 0.2) is 11.7 Å². The zero-order valence-corrected chi connectivity index (χ0v) is 16.6. The lowest BCUT2D eigenvalue weighted by molar-refractivity contribution is -0.118. The lowest BCUT2D eigenvalue weighted by Crippen LogP contribution is -2.20. The summed E-state index contributed by atoms with van der Waals surface area (Å²) in [6.07, 6.45) is 0.797. The molecule has 0 bridgehead atoms. The van der Waals surface area contributed by atoms with Crippen molar-refractivity contribution in [2.45, 2.75) is 27.2 Å². The fourth-order valence-electron chi connectivity index (χ4n) is 2.10. The third-order valence-corrected chi connectivity index (χ3v) is 4.81. The van der Waals surface area contributed by atoms with Crippen LogP contribution in [0.1, 0.15) is 34.8 Å². The molecule has 0 aliphatic heterocycles. The Labute approximate surface area is 158 Å². The summed E-state index contributed by atoms with van der Waals surface area (Å²) in [6, 6.07) is 5.65. The van der Waals surface area contributed by atoms with E-state index in [4.69, 9.17) is 9.47 Å². The Morgan fingerprint density at radius 3 is 2.76 bits per heavy atom. The summed E-state index contributed by atoms with van der Waals surface area (Å²) in [5.74, 6) is -0.103. The van der Waals surface area contributed by atoms with E-state index < -0.39 is 5.97 Å². The summed E-state index contributed by atoms with van der Waals surface area (Å²) >= 11 is 4.50. The number of carbonyl (C=O) groups excluding carboxylic acids is 2. The van der Waals surface area contributed by atoms with Crippen molar-refractivity contribution in [1.82, 2.24) is 4.98 Å². The molecule has 1 aromatic carbocycles. The first kappa shape index (κ1) is 19.4. The van der Waals surface area contributed by atoms with Crippen LogP contribution in [0.3, 0.4) is 0 Å². The fraction of sp³-hybridized carbons (Fsp3) is 0.353. The lowest BCUT2D eigenvalue weighted by atomic mass is 10.1. The lowest BCUT2D eigenvalue weighted by Gasteiger charge is -2.10. The van der Waals surface area contributed by atoms with Crippen LogP contribution < -0.4 is 10.1 Å². The maximum Gasteiger partial charge on any atom is 0.350 e. The number of benzene rings is 1. The smallest absolute Gasteiger partial charge is 0.350 e. The third kappa shape index (κ3) is 5.27. The number of amides is 1. The van der Waals surface area contributed by atoms with Gasteiger partial charge in [0, 0.05) is 4.47 Å². The Morgan fingerprint density at radius 2 is 2.08 bits per heavy atom. The molecule has 0 radical (unpaired) electrons. The van der Waals surface area contributed by atoms with E-state index in [0.29, 0.717) is 28.1 Å². The van der Waals surface area contributed by atoms with Crippen LogP contribution in [0.5, 0.6) is 5.75 Å². The van der Waals surface area contributed by atoms with Gasteiger partial charge in [-0.05, 0) is 44.0 Å². The molecule has 0 atom stereocenters. The van der Waals surface area contributed by atoms with Crippen molar-refractivity contribution in [2.24, 2.45) is 0 Å². The number of nitrogens with zero attached hydrogens (tertiary/aromatic N) is 1. The minimum absolute atomic E-state index is 0.137. The summed E-state index contributed by atoms with van der Waals surface area (Å²) < 4.78 is 11.5. The van der Waals surface area contributed by atoms with Gasteiger partial charge >= 0.3 is 5.97 Å². The van der Waals surface area contributed by atoms with Crippen molar-refractivity contribution in [3.63, 3.8) is 0 Å². The predicted molar refractivity (Wildman–Crippen MR) is 100 cm³/mol. The molecule has 0 spiro atoms. The number of rotatable bonds is 7. The van der Waals surface area contributed by atoms with Gasteiger partial charge in [-0.25, -0.2) is 9.78 Å². The highest BCUT2D eigenvalue weighted by molar-refractivity contribution is 9.10. The standard InChI is InChI=1S/C17H19BrN2O4S/c1-4-11-8-12(18)6-7-13(11)24-9-14(21)20-17-19-10(3)15(25-17)16(22)23-5-2/h6-8H,4-5,9H2,1-3H3,(H,19,20,21). The second-order valence-corrected chi connectivity index (χ2v) is 7.01. The molecule has 0 fully saturated rings. The van der Waals surface area contributed by atoms with Crippen LogP contribution in [0.25, 0.3) is 0 Å². The van der Waals surface area contributed by atoms with E-state index >= 15 is 0 Å². The maximum atomic E-state index is 12.1. The number of ether oxygens (including phenoxy) is 2. The Hall–Kier alpha value is -1.93. The summed E-state index contributed by atoms with van der Waals surface area (Å²) in [7, 11) is 0. The number of aryl methyl sites for hydroxylation is 2. The Morgan fingerprint density at radius 1 is 1.32 bits per heavy atom. The minimum atomic E-state index is -0.434. The summed E-state index contributed by atoms with van der Waals surface area (Å²) in [4.78, 5) is 28.4. The SMILES string of the molecule is CCOC(=O)c1sc(NC(=O)COc2ccc(Br)cc2CC)nc1C. The van der Waals surface area contributed by atoms with Gasteiger partial charge in [0.05, 0.1) is 12.3 Å². The molecular formula is C17H19BrN2O4S. The molecule has 6 nitrogen and oxygen atoms in total. The molecule has 2 rings (SSSR count). The number of carbonyl (C=O) groups is 2. The molecule has 1 heterocycles. The number of nitrogens with one attached hydrogen (secondary N) is 1. The number of hydrogen-bond donors (Lipinski definition) is 1. The van der Waals surface area contributed by atoms with Gasteiger partial charge in [-0.2, -0.15) is 0 Å². The van der Waals surface area contributed by atoms with Gasteiger partial charge in [0.1, 0.15) is 10.6 Å². The number of esters is 1. The van der Waals surface area contributed by atoms with Crippen LogP contribution >= 0.6 is 27.3 Å². The van der Waals surface area contributed by atoms with Crippen LogP contribution in [-0.2, 0) is 16.0 Å².